The Bertz CT molecular complexity index is 428. The minimum absolute atomic E-state index is 0.111. The van der Waals surface area contributed by atoms with Crippen LogP contribution >= 0.6 is 0 Å². The van der Waals surface area contributed by atoms with Crippen LogP contribution in [0.1, 0.15) is 59.3 Å². The van der Waals surface area contributed by atoms with Crippen LogP contribution in [-0.2, 0) is 9.47 Å². The van der Waals surface area contributed by atoms with Crippen LogP contribution in [0.15, 0.2) is 0 Å². The van der Waals surface area contributed by atoms with Gasteiger partial charge in [0.25, 0.3) is 0 Å². The molecule has 0 aromatic heterocycles. The van der Waals surface area contributed by atoms with E-state index in [9.17, 15) is 4.79 Å². The normalized spacial score (nSPS) is 31.5. The average molecular weight is 338 g/mol. The molecule has 1 amide bonds. The predicted octanol–water partition coefficient (Wildman–Crippen LogP) is 3.28. The maximum absolute atomic E-state index is 12.5. The van der Waals surface area contributed by atoms with Gasteiger partial charge in [0.05, 0.1) is 0 Å². The van der Waals surface area contributed by atoms with Gasteiger partial charge in [0.15, 0.2) is 0 Å². The van der Waals surface area contributed by atoms with Crippen molar-refractivity contribution in [2.75, 3.05) is 26.8 Å². The molecule has 0 aromatic rings. The van der Waals surface area contributed by atoms with Crippen LogP contribution in [0.4, 0.5) is 4.79 Å². The summed E-state index contributed by atoms with van der Waals surface area (Å²) in [5.41, 5.74) is -0.410. The SMILES string of the molecule is CN(CC1CCOCC1)C1CC2CCC(C1)N2C(=O)OC(C)(C)C. The zero-order chi connectivity index (χ0) is 17.3. The molecule has 2 bridgehead atoms. The van der Waals surface area contributed by atoms with Gasteiger partial charge in [0, 0.05) is 37.9 Å². The first-order chi connectivity index (χ1) is 11.3. The van der Waals surface area contributed by atoms with Crippen LogP contribution in [0, 0.1) is 5.92 Å². The minimum Gasteiger partial charge on any atom is -0.444 e. The second-order valence-corrected chi connectivity index (χ2v) is 8.89. The van der Waals surface area contributed by atoms with E-state index in [-0.39, 0.29) is 6.09 Å². The predicted molar refractivity (Wildman–Crippen MR) is 94.1 cm³/mol. The number of nitrogens with zero attached hydrogens (tertiary/aromatic N) is 2. The minimum atomic E-state index is -0.410. The van der Waals surface area contributed by atoms with Crippen molar-refractivity contribution in [1.82, 2.24) is 9.80 Å². The van der Waals surface area contributed by atoms with E-state index < -0.39 is 5.60 Å². The number of piperidine rings is 1. The first kappa shape index (κ1) is 18.0. The number of rotatable bonds is 3. The molecule has 5 nitrogen and oxygen atoms in total. The maximum atomic E-state index is 12.5. The first-order valence-electron chi connectivity index (χ1n) is 9.63. The number of hydrogen-bond acceptors (Lipinski definition) is 4. The number of fused-ring (bicyclic) bond motifs is 2. The van der Waals surface area contributed by atoms with Crippen LogP contribution < -0.4 is 0 Å². The molecule has 2 unspecified atom stereocenters. The molecular weight excluding hydrogens is 304 g/mol. The molecule has 3 aliphatic rings. The second kappa shape index (κ2) is 7.20. The molecule has 2 atom stereocenters. The second-order valence-electron chi connectivity index (χ2n) is 8.89. The number of ether oxygens (including phenoxy) is 2. The highest BCUT2D eigenvalue weighted by Gasteiger charge is 2.45. The molecule has 0 N–H and O–H groups in total. The summed E-state index contributed by atoms with van der Waals surface area (Å²) >= 11 is 0. The standard InChI is InChI=1S/C19H34N2O3/c1-19(2,3)24-18(22)21-15-5-6-16(21)12-17(11-15)20(4)13-14-7-9-23-10-8-14/h14-17H,5-13H2,1-4H3. The van der Waals surface area contributed by atoms with E-state index in [1.807, 2.05) is 25.7 Å². The molecule has 3 saturated heterocycles. The van der Waals surface area contributed by atoms with E-state index in [1.54, 1.807) is 0 Å². The molecule has 0 aliphatic carbocycles. The summed E-state index contributed by atoms with van der Waals surface area (Å²) < 4.78 is 11.1. The summed E-state index contributed by atoms with van der Waals surface area (Å²) in [7, 11) is 2.27. The Morgan fingerprint density at radius 3 is 2.25 bits per heavy atom. The lowest BCUT2D eigenvalue weighted by atomic mass is 9.94. The zero-order valence-corrected chi connectivity index (χ0v) is 15.8. The van der Waals surface area contributed by atoms with Gasteiger partial charge < -0.3 is 19.3 Å². The Balaban J connectivity index is 1.55. The highest BCUT2D eigenvalue weighted by molar-refractivity contribution is 5.69. The lowest BCUT2D eigenvalue weighted by molar-refractivity contribution is -0.00602. The van der Waals surface area contributed by atoms with Crippen molar-refractivity contribution in [3.8, 4) is 0 Å². The molecule has 3 fully saturated rings. The van der Waals surface area contributed by atoms with Crippen molar-refractivity contribution in [2.45, 2.75) is 83.0 Å². The quantitative estimate of drug-likeness (QED) is 0.792. The zero-order valence-electron chi connectivity index (χ0n) is 15.8. The van der Waals surface area contributed by atoms with Gasteiger partial charge in [-0.3, -0.25) is 0 Å². The third-order valence-corrected chi connectivity index (χ3v) is 5.82. The number of carbonyl (C=O) groups is 1. The van der Waals surface area contributed by atoms with Crippen LogP contribution in [0.25, 0.3) is 0 Å². The summed E-state index contributed by atoms with van der Waals surface area (Å²) in [6.07, 6.45) is 6.71. The highest BCUT2D eigenvalue weighted by Crippen LogP contribution is 2.38. The number of amides is 1. The monoisotopic (exact) mass is 338 g/mol. The van der Waals surface area contributed by atoms with Gasteiger partial charge >= 0.3 is 6.09 Å². The van der Waals surface area contributed by atoms with E-state index in [0.717, 1.165) is 44.8 Å². The Morgan fingerprint density at radius 2 is 1.71 bits per heavy atom. The topological polar surface area (TPSA) is 42.0 Å². The van der Waals surface area contributed by atoms with Gasteiger partial charge in [-0.1, -0.05) is 0 Å². The third kappa shape index (κ3) is 4.23. The molecule has 0 spiro atoms. The molecule has 138 valence electrons. The average Bonchev–Trinajstić information content (AvgIpc) is 2.77. The van der Waals surface area contributed by atoms with Gasteiger partial charge in [-0.05, 0) is 72.3 Å². The third-order valence-electron chi connectivity index (χ3n) is 5.82. The maximum Gasteiger partial charge on any atom is 0.410 e. The number of carbonyl (C=O) groups excluding carboxylic acids is 1. The van der Waals surface area contributed by atoms with E-state index in [1.165, 1.54) is 19.4 Å². The highest BCUT2D eigenvalue weighted by atomic mass is 16.6. The summed E-state index contributed by atoms with van der Waals surface area (Å²) in [5, 5.41) is 0. The van der Waals surface area contributed by atoms with Crippen LogP contribution in [0.3, 0.4) is 0 Å². The van der Waals surface area contributed by atoms with Crippen molar-refractivity contribution < 1.29 is 14.3 Å². The Morgan fingerprint density at radius 1 is 1.12 bits per heavy atom. The summed E-state index contributed by atoms with van der Waals surface area (Å²) in [4.78, 5) is 17.1. The fourth-order valence-electron chi connectivity index (χ4n) is 4.61. The summed E-state index contributed by atoms with van der Waals surface area (Å²) in [6.45, 7) is 8.84. The Kier molecular flexibility index (Phi) is 5.40. The summed E-state index contributed by atoms with van der Waals surface area (Å²) in [6, 6.07) is 1.32. The van der Waals surface area contributed by atoms with Crippen molar-refractivity contribution in [3.05, 3.63) is 0 Å². The molecule has 24 heavy (non-hydrogen) atoms. The molecule has 3 rings (SSSR count). The van der Waals surface area contributed by atoms with Gasteiger partial charge in [-0.25, -0.2) is 4.79 Å². The smallest absolute Gasteiger partial charge is 0.410 e. The molecule has 0 saturated carbocycles. The van der Waals surface area contributed by atoms with E-state index >= 15 is 0 Å². The molecule has 3 aliphatic heterocycles. The largest absolute Gasteiger partial charge is 0.444 e. The molecule has 0 aromatic carbocycles. The molecule has 0 radical (unpaired) electrons. The van der Waals surface area contributed by atoms with E-state index in [4.69, 9.17) is 9.47 Å². The van der Waals surface area contributed by atoms with Gasteiger partial charge in [0.2, 0.25) is 0 Å². The lowest BCUT2D eigenvalue weighted by Crippen LogP contribution is -2.53. The fourth-order valence-corrected chi connectivity index (χ4v) is 4.61. The van der Waals surface area contributed by atoms with Gasteiger partial charge in [0.1, 0.15) is 5.60 Å². The van der Waals surface area contributed by atoms with Gasteiger partial charge in [-0.15, -0.1) is 0 Å². The molecular formula is C19H34N2O3. The van der Waals surface area contributed by atoms with E-state index in [2.05, 4.69) is 11.9 Å². The first-order valence-corrected chi connectivity index (χ1v) is 9.63. The van der Waals surface area contributed by atoms with Gasteiger partial charge in [-0.2, -0.15) is 0 Å². The molecule has 5 heteroatoms. The summed E-state index contributed by atoms with van der Waals surface area (Å²) in [5.74, 6) is 0.769. The number of hydrogen-bond donors (Lipinski definition) is 0. The fraction of sp³-hybridized carbons (Fsp3) is 0.947. The van der Waals surface area contributed by atoms with Crippen molar-refractivity contribution in [1.29, 1.82) is 0 Å². The van der Waals surface area contributed by atoms with Crippen molar-refractivity contribution in [2.24, 2.45) is 5.92 Å². The Hall–Kier alpha value is -0.810. The lowest BCUT2D eigenvalue weighted by Gasteiger charge is -2.43. The van der Waals surface area contributed by atoms with Crippen LogP contribution in [-0.4, -0.2) is 66.4 Å². The van der Waals surface area contributed by atoms with Crippen LogP contribution in [0.5, 0.6) is 0 Å². The molecule has 3 heterocycles. The van der Waals surface area contributed by atoms with Crippen molar-refractivity contribution >= 4 is 6.09 Å². The van der Waals surface area contributed by atoms with Crippen molar-refractivity contribution in [3.63, 3.8) is 0 Å². The van der Waals surface area contributed by atoms with Crippen LogP contribution in [0.2, 0.25) is 0 Å². The Labute approximate surface area is 146 Å². The van der Waals surface area contributed by atoms with E-state index in [0.29, 0.717) is 18.1 Å².